The quantitative estimate of drug-likeness (QED) is 0.697. The van der Waals surface area contributed by atoms with Gasteiger partial charge in [0, 0.05) is 0 Å². The molecule has 1 aliphatic rings. The van der Waals surface area contributed by atoms with E-state index < -0.39 is 11.6 Å². The molecular formula is C7H7FN2O2. The van der Waals surface area contributed by atoms with Gasteiger partial charge in [0.1, 0.15) is 0 Å². The highest BCUT2D eigenvalue weighted by atomic mass is 19.1. The maximum atomic E-state index is 13.2. The average Bonchev–Trinajstić information content (AvgIpc) is 2.61. The van der Waals surface area contributed by atoms with Crippen molar-refractivity contribution in [3.8, 4) is 0 Å². The number of aromatic carboxylic acids is 1. The second-order valence-electron chi connectivity index (χ2n) is 2.94. The topological polar surface area (TPSA) is 66.0 Å². The molecule has 64 valence electrons. The summed E-state index contributed by atoms with van der Waals surface area (Å²) in [6.07, 6.45) is 0.905. The van der Waals surface area contributed by atoms with Crippen LogP contribution < -0.4 is 0 Å². The first-order valence-electron chi connectivity index (χ1n) is 3.60. The fraction of sp³-hybridized carbons (Fsp3) is 0.429. The van der Waals surface area contributed by atoms with E-state index in [9.17, 15) is 9.18 Å². The first-order chi connectivity index (χ1) is 5.62. The first-order valence-corrected chi connectivity index (χ1v) is 3.60. The van der Waals surface area contributed by atoms with Gasteiger partial charge in [-0.1, -0.05) is 0 Å². The van der Waals surface area contributed by atoms with Crippen molar-refractivity contribution in [1.82, 2.24) is 10.2 Å². The summed E-state index contributed by atoms with van der Waals surface area (Å²) in [5, 5.41) is 14.3. The zero-order valence-corrected chi connectivity index (χ0v) is 6.17. The van der Waals surface area contributed by atoms with E-state index in [-0.39, 0.29) is 11.4 Å². The molecule has 1 aromatic rings. The van der Waals surface area contributed by atoms with E-state index in [2.05, 4.69) is 10.2 Å². The molecule has 0 bridgehead atoms. The molecular weight excluding hydrogens is 163 g/mol. The van der Waals surface area contributed by atoms with Gasteiger partial charge >= 0.3 is 5.97 Å². The molecule has 0 saturated heterocycles. The van der Waals surface area contributed by atoms with Gasteiger partial charge in [-0.15, -0.1) is 0 Å². The van der Waals surface area contributed by atoms with E-state index in [1.165, 1.54) is 6.07 Å². The van der Waals surface area contributed by atoms with Gasteiger partial charge in [-0.25, -0.2) is 9.18 Å². The van der Waals surface area contributed by atoms with Gasteiger partial charge in [0.05, 0.1) is 5.69 Å². The Kier molecular flexibility index (Phi) is 1.25. The van der Waals surface area contributed by atoms with Crippen LogP contribution in [0.25, 0.3) is 0 Å². The van der Waals surface area contributed by atoms with Gasteiger partial charge in [-0.2, -0.15) is 5.10 Å². The van der Waals surface area contributed by atoms with Gasteiger partial charge in [0.15, 0.2) is 11.4 Å². The van der Waals surface area contributed by atoms with Crippen molar-refractivity contribution in [2.75, 3.05) is 0 Å². The van der Waals surface area contributed by atoms with Crippen molar-refractivity contribution >= 4 is 5.97 Å². The zero-order chi connectivity index (χ0) is 8.77. The number of H-pyrrole nitrogens is 1. The van der Waals surface area contributed by atoms with Crippen molar-refractivity contribution in [3.05, 3.63) is 17.5 Å². The molecule has 0 spiro atoms. The van der Waals surface area contributed by atoms with E-state index in [1.807, 2.05) is 0 Å². The summed E-state index contributed by atoms with van der Waals surface area (Å²) in [5.74, 6) is -1.14. The van der Waals surface area contributed by atoms with Crippen LogP contribution >= 0.6 is 0 Å². The summed E-state index contributed by atoms with van der Waals surface area (Å²) in [6.45, 7) is 0. The van der Waals surface area contributed by atoms with E-state index >= 15 is 0 Å². The summed E-state index contributed by atoms with van der Waals surface area (Å²) in [5.41, 5.74) is -1.19. The van der Waals surface area contributed by atoms with Crippen LogP contribution in [0.5, 0.6) is 0 Å². The molecule has 1 heterocycles. The largest absolute Gasteiger partial charge is 0.476 e. The van der Waals surface area contributed by atoms with Gasteiger partial charge in [-0.3, -0.25) is 5.10 Å². The number of carboxylic acid groups (broad SMARTS) is 1. The lowest BCUT2D eigenvalue weighted by atomic mass is 10.2. The first kappa shape index (κ1) is 7.27. The van der Waals surface area contributed by atoms with Crippen molar-refractivity contribution in [2.24, 2.45) is 0 Å². The molecule has 0 amide bonds. The van der Waals surface area contributed by atoms with Crippen molar-refractivity contribution in [3.63, 3.8) is 0 Å². The molecule has 2 rings (SSSR count). The number of alkyl halides is 1. The molecule has 5 heteroatoms. The molecule has 4 nitrogen and oxygen atoms in total. The van der Waals surface area contributed by atoms with Crippen molar-refractivity contribution in [2.45, 2.75) is 18.5 Å². The number of rotatable bonds is 2. The number of hydrogen-bond donors (Lipinski definition) is 2. The summed E-state index contributed by atoms with van der Waals surface area (Å²) < 4.78 is 13.2. The molecule has 0 atom stereocenters. The van der Waals surface area contributed by atoms with E-state index in [1.54, 1.807) is 0 Å². The lowest BCUT2D eigenvalue weighted by Gasteiger charge is -1.96. The standard InChI is InChI=1S/C7H7FN2O2/c8-7(1-2-7)5-3-4(6(11)12)9-10-5/h3H,1-2H2,(H,9,10)(H,11,12). The van der Waals surface area contributed by atoms with Crippen molar-refractivity contribution < 1.29 is 14.3 Å². The highest BCUT2D eigenvalue weighted by molar-refractivity contribution is 5.85. The smallest absolute Gasteiger partial charge is 0.356 e. The number of aromatic amines is 1. The van der Waals surface area contributed by atoms with Gasteiger partial charge in [0.2, 0.25) is 0 Å². The monoisotopic (exact) mass is 170 g/mol. The Labute approximate surface area is 67.4 Å². The third kappa shape index (κ3) is 0.975. The predicted octanol–water partition coefficient (Wildman–Crippen LogP) is 1.07. The van der Waals surface area contributed by atoms with E-state index in [0.717, 1.165) is 0 Å². The molecule has 0 unspecified atom stereocenters. The van der Waals surface area contributed by atoms with Crippen LogP contribution in [0.2, 0.25) is 0 Å². The molecule has 0 radical (unpaired) electrons. The third-order valence-electron chi connectivity index (χ3n) is 1.97. The van der Waals surface area contributed by atoms with Gasteiger partial charge < -0.3 is 5.11 Å². The van der Waals surface area contributed by atoms with Crippen LogP contribution in [-0.4, -0.2) is 21.3 Å². The highest BCUT2D eigenvalue weighted by Gasteiger charge is 2.46. The summed E-state index contributed by atoms with van der Waals surface area (Å²) in [6, 6.07) is 1.25. The van der Waals surface area contributed by atoms with Crippen LogP contribution in [0.4, 0.5) is 4.39 Å². The summed E-state index contributed by atoms with van der Waals surface area (Å²) >= 11 is 0. The molecule has 12 heavy (non-hydrogen) atoms. The molecule has 1 aliphatic carbocycles. The van der Waals surface area contributed by atoms with E-state index in [0.29, 0.717) is 12.8 Å². The van der Waals surface area contributed by atoms with Crippen LogP contribution in [0.15, 0.2) is 6.07 Å². The van der Waals surface area contributed by atoms with Crippen LogP contribution in [0.3, 0.4) is 0 Å². The molecule has 0 aliphatic heterocycles. The number of carboxylic acids is 1. The molecule has 2 N–H and O–H groups in total. The second kappa shape index (κ2) is 2.06. The summed E-state index contributed by atoms with van der Waals surface area (Å²) in [7, 11) is 0. The number of hydrogen-bond acceptors (Lipinski definition) is 2. The van der Waals surface area contributed by atoms with Crippen LogP contribution in [-0.2, 0) is 5.67 Å². The lowest BCUT2D eigenvalue weighted by molar-refractivity contribution is 0.0690. The third-order valence-corrected chi connectivity index (χ3v) is 1.97. The number of halogens is 1. The Hall–Kier alpha value is -1.39. The minimum atomic E-state index is -1.33. The Morgan fingerprint density at radius 3 is 2.83 bits per heavy atom. The second-order valence-corrected chi connectivity index (χ2v) is 2.94. The molecule has 0 aromatic carbocycles. The Morgan fingerprint density at radius 1 is 1.75 bits per heavy atom. The molecule has 1 fully saturated rings. The minimum absolute atomic E-state index is 0.131. The Morgan fingerprint density at radius 2 is 2.42 bits per heavy atom. The predicted molar refractivity (Wildman–Crippen MR) is 37.6 cm³/mol. The van der Waals surface area contributed by atoms with Crippen LogP contribution in [0, 0.1) is 0 Å². The number of nitrogens with one attached hydrogen (secondary N) is 1. The van der Waals surface area contributed by atoms with Crippen molar-refractivity contribution in [1.29, 1.82) is 0 Å². The fourth-order valence-corrected chi connectivity index (χ4v) is 1.04. The number of aromatic nitrogens is 2. The van der Waals surface area contributed by atoms with E-state index in [4.69, 9.17) is 5.11 Å². The maximum Gasteiger partial charge on any atom is 0.356 e. The van der Waals surface area contributed by atoms with Gasteiger partial charge in [-0.05, 0) is 18.9 Å². The number of nitrogens with zero attached hydrogens (tertiary/aromatic N) is 1. The van der Waals surface area contributed by atoms with Crippen LogP contribution in [0.1, 0.15) is 29.0 Å². The van der Waals surface area contributed by atoms with Gasteiger partial charge in [0.25, 0.3) is 0 Å². The SMILES string of the molecule is O=C(O)c1cc(C2(F)CC2)[nH]n1. The zero-order valence-electron chi connectivity index (χ0n) is 6.17. The lowest BCUT2D eigenvalue weighted by Crippen LogP contribution is -1.97. The Bertz CT molecular complexity index is 330. The number of carbonyl (C=O) groups is 1. The molecule has 1 saturated carbocycles. The highest BCUT2D eigenvalue weighted by Crippen LogP contribution is 2.48. The normalized spacial score (nSPS) is 19.1. The fourth-order valence-electron chi connectivity index (χ4n) is 1.04. The maximum absolute atomic E-state index is 13.2. The molecule has 1 aromatic heterocycles. The average molecular weight is 170 g/mol. The Balaban J connectivity index is 2.30. The summed E-state index contributed by atoms with van der Waals surface area (Å²) in [4.78, 5) is 10.4. The minimum Gasteiger partial charge on any atom is -0.476 e.